The summed E-state index contributed by atoms with van der Waals surface area (Å²) in [6.07, 6.45) is 1.58. The molecule has 2 saturated heterocycles. The van der Waals surface area contributed by atoms with Gasteiger partial charge in [0.1, 0.15) is 6.61 Å². The molecule has 51 heavy (non-hydrogen) atoms. The van der Waals surface area contributed by atoms with Gasteiger partial charge in [0.2, 0.25) is 10.0 Å². The van der Waals surface area contributed by atoms with E-state index in [0.717, 1.165) is 29.4 Å². The van der Waals surface area contributed by atoms with Gasteiger partial charge in [0.05, 0.1) is 11.5 Å². The number of ether oxygens (including phenoxy) is 2. The number of fused-ring (bicyclic) bond motifs is 1. The van der Waals surface area contributed by atoms with Crippen molar-refractivity contribution in [2.75, 3.05) is 32.7 Å². The van der Waals surface area contributed by atoms with Gasteiger partial charge in [-0.25, -0.2) is 13.2 Å². The molecular weight excluding hydrogens is 665 g/mol. The third kappa shape index (κ3) is 8.03. The van der Waals surface area contributed by atoms with Crippen molar-refractivity contribution < 1.29 is 27.5 Å². The van der Waals surface area contributed by atoms with Crippen LogP contribution < -0.4 is 5.73 Å². The molecule has 4 aromatic carbocycles. The number of amides is 1. The number of rotatable bonds is 13. The van der Waals surface area contributed by atoms with Crippen molar-refractivity contribution in [3.05, 3.63) is 113 Å². The Bertz CT molecular complexity index is 1920. The lowest BCUT2D eigenvalue weighted by molar-refractivity contribution is -0.133. The van der Waals surface area contributed by atoms with Crippen LogP contribution >= 0.6 is 0 Å². The fourth-order valence-electron chi connectivity index (χ4n) is 7.54. The normalized spacial score (nSPS) is 19.0. The van der Waals surface area contributed by atoms with Gasteiger partial charge in [0.15, 0.2) is 12.1 Å². The Balaban J connectivity index is 1.42. The van der Waals surface area contributed by atoms with Crippen molar-refractivity contribution in [2.45, 2.75) is 76.0 Å². The summed E-state index contributed by atoms with van der Waals surface area (Å²) in [5.41, 5.74) is 8.69. The van der Waals surface area contributed by atoms with E-state index in [-0.39, 0.29) is 54.5 Å². The van der Waals surface area contributed by atoms with E-state index in [4.69, 9.17) is 15.2 Å². The van der Waals surface area contributed by atoms with Crippen molar-refractivity contribution >= 4 is 32.7 Å². The van der Waals surface area contributed by atoms with Crippen LogP contribution in [0.1, 0.15) is 72.5 Å². The fraction of sp³-hybridized carbons (Fsp3) is 0.400. The molecule has 3 atom stereocenters. The van der Waals surface area contributed by atoms with Crippen LogP contribution in [-0.4, -0.2) is 79.5 Å². The molecule has 6 rings (SSSR count). The van der Waals surface area contributed by atoms with E-state index < -0.39 is 22.5 Å². The van der Waals surface area contributed by atoms with Gasteiger partial charge in [-0.2, -0.15) is 4.31 Å². The molecule has 2 aliphatic heterocycles. The largest absolute Gasteiger partial charge is 0.445 e. The van der Waals surface area contributed by atoms with Crippen LogP contribution in [0.4, 0.5) is 4.79 Å². The highest BCUT2D eigenvalue weighted by Crippen LogP contribution is 2.40. The summed E-state index contributed by atoms with van der Waals surface area (Å²) >= 11 is 0. The Labute approximate surface area is 301 Å². The number of ketones is 1. The minimum atomic E-state index is -4.38. The summed E-state index contributed by atoms with van der Waals surface area (Å²) in [7, 11) is -4.38. The first-order valence-electron chi connectivity index (χ1n) is 17.9. The molecular formula is C40H48N4O6S. The van der Waals surface area contributed by atoms with E-state index in [0.29, 0.717) is 43.4 Å². The highest BCUT2D eigenvalue weighted by molar-refractivity contribution is 7.89. The summed E-state index contributed by atoms with van der Waals surface area (Å²) in [6, 6.07) is 28.4. The van der Waals surface area contributed by atoms with E-state index in [2.05, 4.69) is 0 Å². The molecule has 2 fully saturated rings. The minimum Gasteiger partial charge on any atom is -0.445 e. The van der Waals surface area contributed by atoms with Crippen LogP contribution in [0.3, 0.4) is 0 Å². The molecule has 11 heteroatoms. The van der Waals surface area contributed by atoms with Crippen LogP contribution in [0.15, 0.2) is 95.9 Å². The lowest BCUT2D eigenvalue weighted by Crippen LogP contribution is -2.55. The number of hydrogen-bond acceptors (Lipinski definition) is 8. The fourth-order valence-corrected chi connectivity index (χ4v) is 9.57. The van der Waals surface area contributed by atoms with Gasteiger partial charge in [0, 0.05) is 50.2 Å². The molecule has 0 bridgehead atoms. The van der Waals surface area contributed by atoms with Gasteiger partial charge in [0.25, 0.3) is 0 Å². The maximum Gasteiger partial charge on any atom is 0.410 e. The number of likely N-dealkylation sites (tertiary alicyclic amines) is 2. The predicted molar refractivity (Wildman–Crippen MR) is 197 cm³/mol. The second-order valence-electron chi connectivity index (χ2n) is 13.4. The smallest absolute Gasteiger partial charge is 0.410 e. The van der Waals surface area contributed by atoms with Crippen molar-refractivity contribution in [1.29, 1.82) is 0 Å². The van der Waals surface area contributed by atoms with Gasteiger partial charge in [-0.3, -0.25) is 9.69 Å². The first kappa shape index (κ1) is 36.7. The van der Waals surface area contributed by atoms with E-state index in [9.17, 15) is 9.59 Å². The van der Waals surface area contributed by atoms with Crippen molar-refractivity contribution in [3.8, 4) is 0 Å². The molecule has 0 aliphatic carbocycles. The number of carbonyl (C=O) groups is 2. The van der Waals surface area contributed by atoms with Gasteiger partial charge in [-0.05, 0) is 66.1 Å². The summed E-state index contributed by atoms with van der Waals surface area (Å²) in [4.78, 5) is 30.7. The number of nitrogens with zero attached hydrogens (tertiary/aromatic N) is 3. The first-order valence-corrected chi connectivity index (χ1v) is 19.3. The summed E-state index contributed by atoms with van der Waals surface area (Å²) in [5, 5.41) is 1.34. The zero-order valence-electron chi connectivity index (χ0n) is 29.4. The molecule has 0 aromatic heterocycles. The molecule has 0 radical (unpaired) electrons. The monoisotopic (exact) mass is 712 g/mol. The topological polar surface area (TPSA) is 122 Å². The number of nitrogens with two attached hydrogens (primary N) is 1. The Morgan fingerprint density at radius 1 is 0.902 bits per heavy atom. The Hall–Kier alpha value is -4.13. The lowest BCUT2D eigenvalue weighted by Gasteiger charge is -2.40. The number of benzene rings is 4. The Kier molecular flexibility index (Phi) is 11.8. The van der Waals surface area contributed by atoms with Gasteiger partial charge < -0.3 is 20.1 Å². The third-order valence-electron chi connectivity index (χ3n) is 10.1. The Morgan fingerprint density at radius 3 is 2.22 bits per heavy atom. The number of sulfonamides is 1. The summed E-state index contributed by atoms with van der Waals surface area (Å²) < 4.78 is 44.4. The highest BCUT2D eigenvalue weighted by atomic mass is 32.2. The third-order valence-corrected chi connectivity index (χ3v) is 12.1. The zero-order chi connectivity index (χ0) is 36.0. The molecule has 4 aromatic rings. The van der Waals surface area contributed by atoms with E-state index in [1.165, 1.54) is 11.2 Å². The number of piperidine rings is 1. The molecule has 10 nitrogen and oxygen atoms in total. The van der Waals surface area contributed by atoms with Crippen LogP contribution in [0.5, 0.6) is 0 Å². The van der Waals surface area contributed by atoms with Crippen molar-refractivity contribution in [1.82, 2.24) is 14.1 Å². The zero-order valence-corrected chi connectivity index (χ0v) is 30.3. The maximum atomic E-state index is 15.4. The second-order valence-corrected chi connectivity index (χ2v) is 15.2. The second kappa shape index (κ2) is 16.5. The van der Waals surface area contributed by atoms with Crippen LogP contribution in [0.2, 0.25) is 0 Å². The highest BCUT2D eigenvalue weighted by Gasteiger charge is 2.43. The van der Waals surface area contributed by atoms with Crippen molar-refractivity contribution in [3.63, 3.8) is 0 Å². The number of Topliss-reactive ketones (excluding diaryl/α,β-unsaturated/α-hetero) is 1. The summed E-state index contributed by atoms with van der Waals surface area (Å²) in [5.74, 6) is -0.707. The van der Waals surface area contributed by atoms with Crippen LogP contribution in [0.25, 0.3) is 10.8 Å². The lowest BCUT2D eigenvalue weighted by atomic mass is 9.87. The number of hydrogen-bond donors (Lipinski definition) is 1. The van der Waals surface area contributed by atoms with E-state index >= 15 is 8.42 Å². The van der Waals surface area contributed by atoms with Gasteiger partial charge >= 0.3 is 6.09 Å². The van der Waals surface area contributed by atoms with Gasteiger partial charge in [-0.1, -0.05) is 91.9 Å². The molecule has 3 unspecified atom stereocenters. The molecule has 0 spiro atoms. The molecule has 270 valence electrons. The van der Waals surface area contributed by atoms with E-state index in [1.54, 1.807) is 17.9 Å². The molecule has 2 heterocycles. The SMILES string of the molecule is CCN(C(OCc1ccccc1)N1CCCC1CN)S(=O)(=O)c1c(C2CCCN(C(=O)OCc3ccccc3)C2)cc2ccccc2c1C(C)=O. The molecule has 2 aliphatic rings. The van der Waals surface area contributed by atoms with Crippen LogP contribution in [-0.2, 0) is 32.7 Å². The van der Waals surface area contributed by atoms with Crippen LogP contribution in [0, 0.1) is 0 Å². The van der Waals surface area contributed by atoms with Crippen molar-refractivity contribution in [2.24, 2.45) is 5.73 Å². The minimum absolute atomic E-state index is 0.0168. The maximum absolute atomic E-state index is 15.4. The average molecular weight is 713 g/mol. The average Bonchev–Trinajstić information content (AvgIpc) is 3.64. The molecule has 1 amide bonds. The molecule has 0 saturated carbocycles. The predicted octanol–water partition coefficient (Wildman–Crippen LogP) is 6.49. The standard InChI is InChI=1S/C40H48N4O6S/c1-3-44(39(43-23-13-20-34(43)25-41)49-27-30-14-6-4-7-15-30)51(47,48)38-36(24-32-18-10-11-21-35(32)37(38)29(2)45)33-19-12-22-42(26-33)40(46)50-28-31-16-8-5-9-17-31/h4-11,14-18,21,24,33-34,39H,3,12-13,19-20,22-23,25-28,41H2,1-2H3. The van der Waals surface area contributed by atoms with Gasteiger partial charge in [-0.15, -0.1) is 0 Å². The first-order chi connectivity index (χ1) is 24.7. The summed E-state index contributed by atoms with van der Waals surface area (Å²) in [6.45, 7) is 5.38. The quantitative estimate of drug-likeness (QED) is 0.123. The molecule has 2 N–H and O–H groups in total. The van der Waals surface area contributed by atoms with E-state index in [1.807, 2.05) is 89.8 Å². The number of carbonyl (C=O) groups excluding carboxylic acids is 2. The Morgan fingerprint density at radius 2 is 1.55 bits per heavy atom.